The fraction of sp³-hybridized carbons (Fsp3) is 0.538. The standard InChI is InChI=1S/C13H19ClN2/c1-10-9-16(7-6-15-10)11(2)12-4-3-5-13(14)8-12/h3-5,8,10-11,15H,6-7,9H2,1-2H3. The molecule has 1 fully saturated rings. The van der Waals surface area contributed by atoms with Crippen LogP contribution in [0.25, 0.3) is 0 Å². The number of piperazine rings is 1. The van der Waals surface area contributed by atoms with Crippen LogP contribution in [-0.2, 0) is 0 Å². The Kier molecular flexibility index (Phi) is 3.85. The molecule has 0 spiro atoms. The number of nitrogens with zero attached hydrogens (tertiary/aromatic N) is 1. The first-order valence-electron chi connectivity index (χ1n) is 5.89. The molecule has 0 aromatic heterocycles. The van der Waals surface area contributed by atoms with E-state index in [0.717, 1.165) is 24.7 Å². The first-order valence-corrected chi connectivity index (χ1v) is 6.27. The van der Waals surface area contributed by atoms with Gasteiger partial charge in [-0.25, -0.2) is 0 Å². The molecule has 0 aliphatic carbocycles. The van der Waals surface area contributed by atoms with Crippen LogP contribution >= 0.6 is 11.6 Å². The van der Waals surface area contributed by atoms with E-state index in [1.807, 2.05) is 12.1 Å². The van der Waals surface area contributed by atoms with Crippen molar-refractivity contribution in [3.8, 4) is 0 Å². The normalized spacial score (nSPS) is 24.3. The first-order chi connectivity index (χ1) is 7.66. The van der Waals surface area contributed by atoms with Crippen molar-refractivity contribution >= 4 is 11.6 Å². The van der Waals surface area contributed by atoms with E-state index in [1.54, 1.807) is 0 Å². The van der Waals surface area contributed by atoms with E-state index in [0.29, 0.717) is 12.1 Å². The number of nitrogens with one attached hydrogen (secondary N) is 1. The lowest BCUT2D eigenvalue weighted by Gasteiger charge is -2.36. The molecule has 0 amide bonds. The van der Waals surface area contributed by atoms with Crippen LogP contribution in [0.5, 0.6) is 0 Å². The minimum absolute atomic E-state index is 0.447. The third kappa shape index (κ3) is 2.76. The predicted octanol–water partition coefficient (Wildman–Crippen LogP) is 2.69. The summed E-state index contributed by atoms with van der Waals surface area (Å²) in [5.74, 6) is 0. The van der Waals surface area contributed by atoms with Gasteiger partial charge in [-0.3, -0.25) is 4.90 Å². The topological polar surface area (TPSA) is 15.3 Å². The lowest BCUT2D eigenvalue weighted by Crippen LogP contribution is -2.49. The molecule has 1 aliphatic heterocycles. The highest BCUT2D eigenvalue weighted by Gasteiger charge is 2.21. The summed E-state index contributed by atoms with van der Waals surface area (Å²) in [5.41, 5.74) is 1.31. The van der Waals surface area contributed by atoms with Crippen LogP contribution in [-0.4, -0.2) is 30.6 Å². The molecule has 88 valence electrons. The third-order valence-electron chi connectivity index (χ3n) is 3.28. The van der Waals surface area contributed by atoms with E-state index in [-0.39, 0.29) is 0 Å². The molecule has 1 saturated heterocycles. The second-order valence-corrected chi connectivity index (χ2v) is 5.02. The van der Waals surface area contributed by atoms with Crippen molar-refractivity contribution < 1.29 is 0 Å². The number of hydrogen-bond donors (Lipinski definition) is 1. The van der Waals surface area contributed by atoms with Crippen molar-refractivity contribution in [1.29, 1.82) is 0 Å². The van der Waals surface area contributed by atoms with Crippen LogP contribution in [0.15, 0.2) is 24.3 Å². The summed E-state index contributed by atoms with van der Waals surface area (Å²) >= 11 is 6.03. The minimum atomic E-state index is 0.447. The molecule has 0 saturated carbocycles. The molecule has 2 nitrogen and oxygen atoms in total. The van der Waals surface area contributed by atoms with E-state index >= 15 is 0 Å². The summed E-state index contributed by atoms with van der Waals surface area (Å²) in [6.45, 7) is 7.78. The molecule has 1 N–H and O–H groups in total. The molecule has 2 unspecified atom stereocenters. The van der Waals surface area contributed by atoms with Gasteiger partial charge in [-0.15, -0.1) is 0 Å². The minimum Gasteiger partial charge on any atom is -0.312 e. The van der Waals surface area contributed by atoms with Crippen LogP contribution in [0, 0.1) is 0 Å². The summed E-state index contributed by atoms with van der Waals surface area (Å²) in [6, 6.07) is 9.21. The average Bonchev–Trinajstić information content (AvgIpc) is 2.28. The van der Waals surface area contributed by atoms with Crippen LogP contribution < -0.4 is 5.32 Å². The second-order valence-electron chi connectivity index (χ2n) is 4.58. The van der Waals surface area contributed by atoms with Gasteiger partial charge in [0.2, 0.25) is 0 Å². The highest BCUT2D eigenvalue weighted by molar-refractivity contribution is 6.30. The number of benzene rings is 1. The van der Waals surface area contributed by atoms with Gasteiger partial charge >= 0.3 is 0 Å². The summed E-state index contributed by atoms with van der Waals surface area (Å²) in [5, 5.41) is 4.29. The molecule has 0 radical (unpaired) electrons. The number of rotatable bonds is 2. The molecule has 2 atom stereocenters. The molecule has 1 aromatic carbocycles. The molecule has 2 rings (SSSR count). The third-order valence-corrected chi connectivity index (χ3v) is 3.51. The van der Waals surface area contributed by atoms with E-state index in [2.05, 4.69) is 36.2 Å². The average molecular weight is 239 g/mol. The van der Waals surface area contributed by atoms with Crippen molar-refractivity contribution in [1.82, 2.24) is 10.2 Å². The van der Waals surface area contributed by atoms with E-state index in [1.165, 1.54) is 5.56 Å². The lowest BCUT2D eigenvalue weighted by molar-refractivity contribution is 0.159. The Morgan fingerprint density at radius 1 is 1.50 bits per heavy atom. The van der Waals surface area contributed by atoms with Gasteiger partial charge in [-0.2, -0.15) is 0 Å². The SMILES string of the molecule is CC1CN(C(C)c2cccc(Cl)c2)CCN1. The fourth-order valence-electron chi connectivity index (χ4n) is 2.29. The lowest BCUT2D eigenvalue weighted by atomic mass is 10.1. The zero-order chi connectivity index (χ0) is 11.5. The molecule has 3 heteroatoms. The Labute approximate surface area is 103 Å². The Balaban J connectivity index is 2.09. The Bertz CT molecular complexity index is 354. The predicted molar refractivity (Wildman–Crippen MR) is 68.9 cm³/mol. The molecule has 16 heavy (non-hydrogen) atoms. The van der Waals surface area contributed by atoms with Crippen LogP contribution in [0.3, 0.4) is 0 Å². The van der Waals surface area contributed by atoms with E-state index in [9.17, 15) is 0 Å². The maximum Gasteiger partial charge on any atom is 0.0409 e. The maximum atomic E-state index is 6.03. The fourth-order valence-corrected chi connectivity index (χ4v) is 2.49. The Hall–Kier alpha value is -0.570. The van der Waals surface area contributed by atoms with Crippen molar-refractivity contribution in [3.05, 3.63) is 34.9 Å². The molecule has 1 aliphatic rings. The molecule has 1 heterocycles. The molecular weight excluding hydrogens is 220 g/mol. The van der Waals surface area contributed by atoms with Gasteiger partial charge in [0.25, 0.3) is 0 Å². The van der Waals surface area contributed by atoms with Gasteiger partial charge < -0.3 is 5.32 Å². The van der Waals surface area contributed by atoms with E-state index in [4.69, 9.17) is 11.6 Å². The molecule has 1 aromatic rings. The monoisotopic (exact) mass is 238 g/mol. The Morgan fingerprint density at radius 3 is 3.00 bits per heavy atom. The molecule has 0 bridgehead atoms. The number of hydrogen-bond acceptors (Lipinski definition) is 2. The summed E-state index contributed by atoms with van der Waals surface area (Å²) in [6.07, 6.45) is 0. The number of halogens is 1. The van der Waals surface area contributed by atoms with Crippen LogP contribution in [0.4, 0.5) is 0 Å². The van der Waals surface area contributed by atoms with Gasteiger partial charge in [0.05, 0.1) is 0 Å². The van der Waals surface area contributed by atoms with Gasteiger partial charge in [-0.05, 0) is 31.5 Å². The summed E-state index contributed by atoms with van der Waals surface area (Å²) in [4.78, 5) is 2.51. The highest BCUT2D eigenvalue weighted by atomic mass is 35.5. The zero-order valence-electron chi connectivity index (χ0n) is 9.91. The van der Waals surface area contributed by atoms with Crippen molar-refractivity contribution in [3.63, 3.8) is 0 Å². The zero-order valence-corrected chi connectivity index (χ0v) is 10.7. The van der Waals surface area contributed by atoms with Crippen LogP contribution in [0.2, 0.25) is 5.02 Å². The van der Waals surface area contributed by atoms with E-state index < -0.39 is 0 Å². The smallest absolute Gasteiger partial charge is 0.0409 e. The maximum absolute atomic E-state index is 6.03. The quantitative estimate of drug-likeness (QED) is 0.853. The second kappa shape index (κ2) is 5.17. The van der Waals surface area contributed by atoms with Crippen molar-refractivity contribution in [2.24, 2.45) is 0 Å². The van der Waals surface area contributed by atoms with Crippen molar-refractivity contribution in [2.45, 2.75) is 25.9 Å². The molecular formula is C13H19ClN2. The largest absolute Gasteiger partial charge is 0.312 e. The van der Waals surface area contributed by atoms with Gasteiger partial charge in [0, 0.05) is 36.7 Å². The summed E-state index contributed by atoms with van der Waals surface area (Å²) in [7, 11) is 0. The van der Waals surface area contributed by atoms with Crippen molar-refractivity contribution in [2.75, 3.05) is 19.6 Å². The van der Waals surface area contributed by atoms with Crippen LogP contribution in [0.1, 0.15) is 25.5 Å². The highest BCUT2D eigenvalue weighted by Crippen LogP contribution is 2.23. The van der Waals surface area contributed by atoms with Gasteiger partial charge in [0.15, 0.2) is 0 Å². The van der Waals surface area contributed by atoms with Gasteiger partial charge in [0.1, 0.15) is 0 Å². The summed E-state index contributed by atoms with van der Waals surface area (Å²) < 4.78 is 0. The first kappa shape index (κ1) is 11.9. The Morgan fingerprint density at radius 2 is 2.31 bits per heavy atom. The van der Waals surface area contributed by atoms with Gasteiger partial charge in [-0.1, -0.05) is 23.7 Å².